The van der Waals surface area contributed by atoms with Crippen molar-refractivity contribution >= 4 is 0 Å². The van der Waals surface area contributed by atoms with E-state index < -0.39 is 6.23 Å². The fraction of sp³-hybridized carbons (Fsp3) is 0.143. The summed E-state index contributed by atoms with van der Waals surface area (Å²) in [5.41, 5.74) is 5.46. The topological polar surface area (TPSA) is 46.2 Å². The molecule has 1 rings (SSSR count). The molecule has 3 N–H and O–H groups in total. The van der Waals surface area contributed by atoms with E-state index in [0.717, 1.165) is 0 Å². The first-order valence-corrected chi connectivity index (χ1v) is 2.89. The number of aliphatic hydroxyl groups is 1. The third-order valence-electron chi connectivity index (χ3n) is 1.19. The second-order valence-corrected chi connectivity index (χ2v) is 2.00. The average molecular weight is 141 g/mol. The molecular weight excluding hydrogens is 133 g/mol. The van der Waals surface area contributed by atoms with Crippen molar-refractivity contribution in [1.82, 2.24) is 0 Å². The highest BCUT2D eigenvalue weighted by atomic mass is 19.1. The molecule has 2 nitrogen and oxygen atoms in total. The highest BCUT2D eigenvalue weighted by Crippen LogP contribution is 2.07. The van der Waals surface area contributed by atoms with Gasteiger partial charge < -0.3 is 10.8 Å². The summed E-state index contributed by atoms with van der Waals surface area (Å²) < 4.78 is 12.4. The summed E-state index contributed by atoms with van der Waals surface area (Å²) in [6.07, 6.45) is -1.09. The maximum Gasteiger partial charge on any atom is 0.128 e. The van der Waals surface area contributed by atoms with Crippen LogP contribution in [0, 0.1) is 5.82 Å². The van der Waals surface area contributed by atoms with Crippen molar-refractivity contribution in [2.75, 3.05) is 0 Å². The molecule has 0 fully saturated rings. The molecule has 0 aliphatic carbocycles. The van der Waals surface area contributed by atoms with Gasteiger partial charge in [0.1, 0.15) is 12.0 Å². The Morgan fingerprint density at radius 1 is 1.50 bits per heavy atom. The zero-order chi connectivity index (χ0) is 7.56. The number of rotatable bonds is 1. The summed E-state index contributed by atoms with van der Waals surface area (Å²) >= 11 is 0. The number of hydrogen-bond acceptors (Lipinski definition) is 2. The number of hydrogen-bond donors (Lipinski definition) is 2. The molecule has 1 atom stereocenters. The summed E-state index contributed by atoms with van der Waals surface area (Å²) in [5, 5.41) is 8.76. The Balaban J connectivity index is 2.96. The van der Waals surface area contributed by atoms with Gasteiger partial charge in [-0.3, -0.25) is 0 Å². The van der Waals surface area contributed by atoms with Crippen LogP contribution in [0.15, 0.2) is 24.3 Å². The summed E-state index contributed by atoms with van der Waals surface area (Å²) in [6.45, 7) is 0. The molecule has 3 heteroatoms. The normalized spacial score (nSPS) is 13.1. The standard InChI is InChI=1S/C7H8FNO/c8-6-3-1-2-5(4-6)7(9)10/h1-4,7,10H,9H2. The maximum atomic E-state index is 12.4. The van der Waals surface area contributed by atoms with Crippen LogP contribution in [0.2, 0.25) is 0 Å². The Labute approximate surface area is 58.1 Å². The van der Waals surface area contributed by atoms with Gasteiger partial charge in [-0.15, -0.1) is 0 Å². The van der Waals surface area contributed by atoms with E-state index >= 15 is 0 Å². The van der Waals surface area contributed by atoms with Crippen LogP contribution in [-0.2, 0) is 0 Å². The molecule has 10 heavy (non-hydrogen) atoms. The molecule has 0 amide bonds. The lowest BCUT2D eigenvalue weighted by Gasteiger charge is -2.02. The lowest BCUT2D eigenvalue weighted by atomic mass is 10.2. The van der Waals surface area contributed by atoms with Gasteiger partial charge in [-0.1, -0.05) is 12.1 Å². The Morgan fingerprint density at radius 3 is 2.60 bits per heavy atom. The van der Waals surface area contributed by atoms with Crippen molar-refractivity contribution in [3.05, 3.63) is 35.6 Å². The molecule has 0 aliphatic heterocycles. The van der Waals surface area contributed by atoms with E-state index in [-0.39, 0.29) is 5.82 Å². The molecule has 0 heterocycles. The minimum atomic E-state index is -1.09. The first kappa shape index (κ1) is 7.18. The van der Waals surface area contributed by atoms with Crippen LogP contribution in [0.4, 0.5) is 4.39 Å². The van der Waals surface area contributed by atoms with E-state index in [1.165, 1.54) is 18.2 Å². The number of benzene rings is 1. The molecule has 0 spiro atoms. The van der Waals surface area contributed by atoms with Crippen molar-refractivity contribution in [2.45, 2.75) is 6.23 Å². The van der Waals surface area contributed by atoms with E-state index in [2.05, 4.69) is 0 Å². The molecule has 54 valence electrons. The van der Waals surface area contributed by atoms with E-state index in [0.29, 0.717) is 5.56 Å². The number of halogens is 1. The summed E-state index contributed by atoms with van der Waals surface area (Å²) in [7, 11) is 0. The zero-order valence-corrected chi connectivity index (χ0v) is 5.29. The molecule has 1 aromatic carbocycles. The lowest BCUT2D eigenvalue weighted by Crippen LogP contribution is -2.08. The number of aliphatic hydroxyl groups excluding tert-OH is 1. The van der Waals surface area contributed by atoms with Crippen molar-refractivity contribution in [3.8, 4) is 0 Å². The molecule has 0 aliphatic rings. The van der Waals surface area contributed by atoms with Gasteiger partial charge in [-0.25, -0.2) is 4.39 Å². The van der Waals surface area contributed by atoms with E-state index in [1.54, 1.807) is 6.07 Å². The monoisotopic (exact) mass is 141 g/mol. The predicted molar refractivity (Wildman–Crippen MR) is 35.5 cm³/mol. The molecular formula is C7H8FNO. The van der Waals surface area contributed by atoms with E-state index in [4.69, 9.17) is 10.8 Å². The van der Waals surface area contributed by atoms with Crippen LogP contribution >= 0.6 is 0 Å². The predicted octanol–water partition coefficient (Wildman–Crippen LogP) is 0.775. The van der Waals surface area contributed by atoms with E-state index in [9.17, 15) is 4.39 Å². The third kappa shape index (κ3) is 1.52. The lowest BCUT2D eigenvalue weighted by molar-refractivity contribution is 0.186. The zero-order valence-electron chi connectivity index (χ0n) is 5.29. The first-order chi connectivity index (χ1) is 4.70. The Hall–Kier alpha value is -0.930. The Morgan fingerprint density at radius 2 is 2.20 bits per heavy atom. The molecule has 0 saturated carbocycles. The highest BCUT2D eigenvalue weighted by Gasteiger charge is 1.99. The first-order valence-electron chi connectivity index (χ1n) is 2.89. The molecule has 1 unspecified atom stereocenters. The van der Waals surface area contributed by atoms with Crippen molar-refractivity contribution < 1.29 is 9.50 Å². The largest absolute Gasteiger partial charge is 0.375 e. The van der Waals surface area contributed by atoms with Crippen LogP contribution in [-0.4, -0.2) is 5.11 Å². The van der Waals surface area contributed by atoms with Gasteiger partial charge in [-0.2, -0.15) is 0 Å². The Bertz CT molecular complexity index is 225. The van der Waals surface area contributed by atoms with Crippen LogP contribution in [0.5, 0.6) is 0 Å². The Kier molecular flexibility index (Phi) is 1.99. The molecule has 0 bridgehead atoms. The number of nitrogens with two attached hydrogens (primary N) is 1. The summed E-state index contributed by atoms with van der Waals surface area (Å²) in [4.78, 5) is 0. The van der Waals surface area contributed by atoms with Crippen molar-refractivity contribution in [2.24, 2.45) is 5.73 Å². The molecule has 0 aromatic heterocycles. The average Bonchev–Trinajstić information content (AvgIpc) is 1.88. The van der Waals surface area contributed by atoms with Crippen LogP contribution in [0.25, 0.3) is 0 Å². The smallest absolute Gasteiger partial charge is 0.128 e. The maximum absolute atomic E-state index is 12.4. The minimum absolute atomic E-state index is 0.387. The summed E-state index contributed by atoms with van der Waals surface area (Å²) in [5.74, 6) is -0.387. The van der Waals surface area contributed by atoms with Crippen molar-refractivity contribution in [3.63, 3.8) is 0 Å². The SMILES string of the molecule is NC(O)c1cccc(F)c1. The van der Waals surface area contributed by atoms with E-state index in [1.807, 2.05) is 0 Å². The molecule has 0 radical (unpaired) electrons. The van der Waals surface area contributed by atoms with Crippen LogP contribution in [0.3, 0.4) is 0 Å². The van der Waals surface area contributed by atoms with Gasteiger partial charge in [0.2, 0.25) is 0 Å². The fourth-order valence-corrected chi connectivity index (χ4v) is 0.691. The van der Waals surface area contributed by atoms with Crippen molar-refractivity contribution in [1.29, 1.82) is 0 Å². The van der Waals surface area contributed by atoms with Crippen LogP contribution < -0.4 is 5.73 Å². The van der Waals surface area contributed by atoms with Gasteiger partial charge in [0.25, 0.3) is 0 Å². The van der Waals surface area contributed by atoms with Gasteiger partial charge in [0, 0.05) is 0 Å². The second-order valence-electron chi connectivity index (χ2n) is 2.00. The second kappa shape index (κ2) is 2.77. The van der Waals surface area contributed by atoms with Gasteiger partial charge >= 0.3 is 0 Å². The van der Waals surface area contributed by atoms with Gasteiger partial charge in [-0.05, 0) is 17.7 Å². The van der Waals surface area contributed by atoms with Gasteiger partial charge in [0.15, 0.2) is 0 Å². The minimum Gasteiger partial charge on any atom is -0.375 e. The third-order valence-corrected chi connectivity index (χ3v) is 1.19. The summed E-state index contributed by atoms with van der Waals surface area (Å²) in [6, 6.07) is 5.56. The fourth-order valence-electron chi connectivity index (χ4n) is 0.691. The molecule has 0 saturated heterocycles. The van der Waals surface area contributed by atoms with Crippen LogP contribution in [0.1, 0.15) is 11.8 Å². The highest BCUT2D eigenvalue weighted by molar-refractivity contribution is 5.17. The molecule has 1 aromatic rings. The quantitative estimate of drug-likeness (QED) is 0.567. The van der Waals surface area contributed by atoms with Gasteiger partial charge in [0.05, 0.1) is 0 Å².